The third-order valence-electron chi connectivity index (χ3n) is 4.47. The summed E-state index contributed by atoms with van der Waals surface area (Å²) in [5, 5.41) is 2.88. The number of nitrogens with zero attached hydrogens (tertiary/aromatic N) is 2. The Bertz CT molecular complexity index is 1000. The number of aryl methyl sites for hydroxylation is 3. The van der Waals surface area contributed by atoms with E-state index in [0.717, 1.165) is 28.9 Å². The number of carbonyl (C=O) groups is 2. The maximum absolute atomic E-state index is 12.6. The van der Waals surface area contributed by atoms with Crippen LogP contribution in [0.5, 0.6) is 0 Å². The predicted molar refractivity (Wildman–Crippen MR) is 91.7 cm³/mol. The molecule has 0 unspecified atom stereocenters. The van der Waals surface area contributed by atoms with E-state index in [9.17, 15) is 9.59 Å². The zero-order valence-electron chi connectivity index (χ0n) is 13.6. The first-order chi connectivity index (χ1) is 11.5. The smallest absolute Gasteiger partial charge is 0.259 e. The summed E-state index contributed by atoms with van der Waals surface area (Å²) >= 11 is 0. The van der Waals surface area contributed by atoms with Gasteiger partial charge in [0.05, 0.1) is 5.56 Å². The number of fused-ring (bicyclic) bond motifs is 2. The van der Waals surface area contributed by atoms with Crippen LogP contribution in [0.25, 0.3) is 5.65 Å². The fraction of sp³-hybridized carbons (Fsp3) is 0.211. The van der Waals surface area contributed by atoms with Crippen LogP contribution in [0, 0.1) is 13.8 Å². The Balaban J connectivity index is 1.68. The summed E-state index contributed by atoms with van der Waals surface area (Å²) in [5.74, 6) is -0.0799. The van der Waals surface area contributed by atoms with Crippen LogP contribution in [-0.4, -0.2) is 21.1 Å². The monoisotopic (exact) mass is 319 g/mol. The number of amides is 1. The number of anilines is 1. The SMILES string of the molecule is Cc1cc(C)n2ccc(C(=O)Nc3ccc4c(c3)C(=O)CC4)c2n1. The summed E-state index contributed by atoms with van der Waals surface area (Å²) in [4.78, 5) is 29.0. The number of rotatable bonds is 2. The largest absolute Gasteiger partial charge is 0.322 e. The standard InChI is InChI=1S/C19H17N3O2/c1-11-9-12(2)22-8-7-15(18(22)20-11)19(24)21-14-5-3-13-4-6-17(23)16(13)10-14/h3,5,7-10H,4,6H2,1-2H3,(H,21,24). The number of aromatic nitrogens is 2. The average molecular weight is 319 g/mol. The number of hydrogen-bond donors (Lipinski definition) is 1. The zero-order valence-corrected chi connectivity index (χ0v) is 13.6. The minimum Gasteiger partial charge on any atom is -0.322 e. The van der Waals surface area contributed by atoms with Crippen LogP contribution in [0.2, 0.25) is 0 Å². The first kappa shape index (κ1) is 14.6. The Kier molecular flexibility index (Phi) is 3.23. The van der Waals surface area contributed by atoms with Crippen molar-refractivity contribution in [3.63, 3.8) is 0 Å². The van der Waals surface area contributed by atoms with Crippen molar-refractivity contribution in [2.24, 2.45) is 0 Å². The van der Waals surface area contributed by atoms with Gasteiger partial charge in [0.15, 0.2) is 5.78 Å². The Morgan fingerprint density at radius 3 is 2.83 bits per heavy atom. The lowest BCUT2D eigenvalue weighted by Crippen LogP contribution is -2.13. The van der Waals surface area contributed by atoms with Gasteiger partial charge in [-0.25, -0.2) is 4.98 Å². The molecule has 0 aliphatic heterocycles. The molecular formula is C19H17N3O2. The molecule has 0 fully saturated rings. The van der Waals surface area contributed by atoms with Crippen LogP contribution in [0.3, 0.4) is 0 Å². The van der Waals surface area contributed by atoms with E-state index in [-0.39, 0.29) is 11.7 Å². The second-order valence-electron chi connectivity index (χ2n) is 6.21. The van der Waals surface area contributed by atoms with Gasteiger partial charge in [0.25, 0.3) is 5.91 Å². The predicted octanol–water partition coefficient (Wildman–Crippen LogP) is 3.33. The van der Waals surface area contributed by atoms with Crippen LogP contribution in [0.1, 0.15) is 44.1 Å². The fourth-order valence-corrected chi connectivity index (χ4v) is 3.28. The molecule has 1 aliphatic carbocycles. The highest BCUT2D eigenvalue weighted by Crippen LogP contribution is 2.25. The lowest BCUT2D eigenvalue weighted by Gasteiger charge is -2.07. The maximum Gasteiger partial charge on any atom is 0.259 e. The molecule has 0 saturated carbocycles. The Morgan fingerprint density at radius 2 is 2.00 bits per heavy atom. The van der Waals surface area contributed by atoms with E-state index >= 15 is 0 Å². The third-order valence-corrected chi connectivity index (χ3v) is 4.47. The van der Waals surface area contributed by atoms with Crippen molar-refractivity contribution in [3.05, 3.63) is 64.6 Å². The molecule has 1 aliphatic rings. The minimum absolute atomic E-state index is 0.142. The molecule has 0 spiro atoms. The molecule has 2 aromatic heterocycles. The van der Waals surface area contributed by atoms with Crippen molar-refractivity contribution in [1.29, 1.82) is 0 Å². The van der Waals surface area contributed by atoms with Crippen LogP contribution < -0.4 is 5.32 Å². The minimum atomic E-state index is -0.222. The first-order valence-corrected chi connectivity index (χ1v) is 7.96. The van der Waals surface area contributed by atoms with Gasteiger partial charge in [0.1, 0.15) is 5.65 Å². The molecule has 3 aromatic rings. The summed E-state index contributed by atoms with van der Waals surface area (Å²) in [6.45, 7) is 3.89. The van der Waals surface area contributed by atoms with Crippen LogP contribution >= 0.6 is 0 Å². The molecule has 1 aromatic carbocycles. The Hall–Kier alpha value is -2.95. The molecule has 5 nitrogen and oxygen atoms in total. The van der Waals surface area contributed by atoms with Gasteiger partial charge in [0.2, 0.25) is 0 Å². The number of Topliss-reactive ketones (excluding diaryl/α,β-unsaturated/α-hetero) is 1. The average Bonchev–Trinajstić information content (AvgIpc) is 3.12. The van der Waals surface area contributed by atoms with Gasteiger partial charge in [-0.2, -0.15) is 0 Å². The van der Waals surface area contributed by atoms with Crippen molar-refractivity contribution in [2.75, 3.05) is 5.32 Å². The van der Waals surface area contributed by atoms with E-state index in [4.69, 9.17) is 0 Å². The van der Waals surface area contributed by atoms with Crippen molar-refractivity contribution in [2.45, 2.75) is 26.7 Å². The Morgan fingerprint density at radius 1 is 1.17 bits per heavy atom. The summed E-state index contributed by atoms with van der Waals surface area (Å²) in [7, 11) is 0. The fourth-order valence-electron chi connectivity index (χ4n) is 3.28. The van der Waals surface area contributed by atoms with E-state index in [2.05, 4.69) is 10.3 Å². The third kappa shape index (κ3) is 2.29. The lowest BCUT2D eigenvalue weighted by molar-refractivity contribution is 0.0991. The van der Waals surface area contributed by atoms with E-state index < -0.39 is 0 Å². The van der Waals surface area contributed by atoms with Crippen LogP contribution in [0.15, 0.2) is 36.5 Å². The van der Waals surface area contributed by atoms with Gasteiger partial charge < -0.3 is 9.72 Å². The zero-order chi connectivity index (χ0) is 16.8. The maximum atomic E-state index is 12.6. The number of ketones is 1. The molecule has 1 N–H and O–H groups in total. The molecule has 0 saturated heterocycles. The molecule has 120 valence electrons. The van der Waals surface area contributed by atoms with Gasteiger partial charge in [-0.1, -0.05) is 6.07 Å². The summed E-state index contributed by atoms with van der Waals surface area (Å²) in [6, 6.07) is 9.27. The molecule has 1 amide bonds. The quantitative estimate of drug-likeness (QED) is 0.788. The molecular weight excluding hydrogens is 302 g/mol. The summed E-state index contributed by atoms with van der Waals surface area (Å²) in [6.07, 6.45) is 3.19. The highest BCUT2D eigenvalue weighted by Gasteiger charge is 2.20. The van der Waals surface area contributed by atoms with E-state index in [1.54, 1.807) is 12.1 Å². The highest BCUT2D eigenvalue weighted by atomic mass is 16.1. The van der Waals surface area contributed by atoms with Crippen LogP contribution in [-0.2, 0) is 6.42 Å². The van der Waals surface area contributed by atoms with Gasteiger partial charge in [-0.15, -0.1) is 0 Å². The number of hydrogen-bond acceptors (Lipinski definition) is 3. The first-order valence-electron chi connectivity index (χ1n) is 7.96. The summed E-state index contributed by atoms with van der Waals surface area (Å²) in [5.41, 5.74) is 5.48. The van der Waals surface area contributed by atoms with E-state index in [0.29, 0.717) is 23.3 Å². The number of carbonyl (C=O) groups excluding carboxylic acids is 2. The molecule has 5 heteroatoms. The van der Waals surface area contributed by atoms with Gasteiger partial charge in [-0.3, -0.25) is 9.59 Å². The molecule has 2 heterocycles. The van der Waals surface area contributed by atoms with Crippen molar-refractivity contribution in [3.8, 4) is 0 Å². The second kappa shape index (κ2) is 5.30. The van der Waals surface area contributed by atoms with Crippen molar-refractivity contribution < 1.29 is 9.59 Å². The van der Waals surface area contributed by atoms with Gasteiger partial charge >= 0.3 is 0 Å². The van der Waals surface area contributed by atoms with Gasteiger partial charge in [-0.05, 0) is 50.1 Å². The topological polar surface area (TPSA) is 63.5 Å². The molecule has 0 atom stereocenters. The number of benzene rings is 1. The highest BCUT2D eigenvalue weighted by molar-refractivity contribution is 6.09. The molecule has 0 bridgehead atoms. The Labute approximate surface area is 139 Å². The van der Waals surface area contributed by atoms with E-state index in [1.807, 2.05) is 42.6 Å². The molecule has 24 heavy (non-hydrogen) atoms. The lowest BCUT2D eigenvalue weighted by atomic mass is 10.1. The summed E-state index contributed by atoms with van der Waals surface area (Å²) < 4.78 is 1.90. The molecule has 4 rings (SSSR count). The van der Waals surface area contributed by atoms with Crippen molar-refractivity contribution >= 4 is 23.0 Å². The normalized spacial score (nSPS) is 13.3. The van der Waals surface area contributed by atoms with E-state index in [1.165, 1.54) is 0 Å². The molecule has 0 radical (unpaired) electrons. The van der Waals surface area contributed by atoms with Crippen molar-refractivity contribution in [1.82, 2.24) is 9.38 Å². The van der Waals surface area contributed by atoms with Crippen LogP contribution in [0.4, 0.5) is 5.69 Å². The van der Waals surface area contributed by atoms with Gasteiger partial charge in [0, 0.05) is 35.3 Å². The second-order valence-corrected chi connectivity index (χ2v) is 6.21. The number of nitrogens with one attached hydrogen (secondary N) is 1.